The second kappa shape index (κ2) is 9.33. The third kappa shape index (κ3) is 5.05. The van der Waals surface area contributed by atoms with Gasteiger partial charge in [-0.1, -0.05) is 13.8 Å². The van der Waals surface area contributed by atoms with Gasteiger partial charge in [-0.25, -0.2) is 16.8 Å². The van der Waals surface area contributed by atoms with Crippen LogP contribution in [0.4, 0.5) is 5.69 Å². The Morgan fingerprint density at radius 3 is 2.19 bits per heavy atom. The van der Waals surface area contributed by atoms with E-state index >= 15 is 0 Å². The number of carbonyl (C=O) groups is 1. The Hall–Kier alpha value is -2.23. The van der Waals surface area contributed by atoms with Gasteiger partial charge in [0.15, 0.2) is 9.84 Å². The van der Waals surface area contributed by atoms with Crippen LogP contribution in [0.1, 0.15) is 48.2 Å². The highest BCUT2D eigenvalue weighted by molar-refractivity contribution is 7.91. The Kier molecular flexibility index (Phi) is 7.12. The van der Waals surface area contributed by atoms with E-state index in [1.165, 1.54) is 34.6 Å². The van der Waals surface area contributed by atoms with Crippen molar-refractivity contribution in [1.29, 1.82) is 0 Å². The number of nitrogens with one attached hydrogen (secondary N) is 1. The minimum Gasteiger partial charge on any atom is -0.322 e. The zero-order chi connectivity index (χ0) is 23.7. The highest BCUT2D eigenvalue weighted by atomic mass is 32.2. The number of carbonyl (C=O) groups excluding carboxylic acids is 1. The standard InChI is InChI=1S/C23H30N2O5S2/c1-5-31(27,28)21-8-6-20(7-9-21)24-23(26)19-14-17(3)18(4)22(15-19)32(29,30)25-12-10-16(2)11-13-25/h6-9,14-16H,5,10-13H2,1-4H3,(H,24,26). The molecule has 1 amide bonds. The predicted molar refractivity (Wildman–Crippen MR) is 125 cm³/mol. The quantitative estimate of drug-likeness (QED) is 0.681. The van der Waals surface area contributed by atoms with Crippen LogP contribution in [0.3, 0.4) is 0 Å². The number of hydrogen-bond acceptors (Lipinski definition) is 5. The molecule has 0 aliphatic carbocycles. The second-order valence-corrected chi connectivity index (χ2v) is 12.6. The molecule has 1 aliphatic heterocycles. The van der Waals surface area contributed by atoms with Crippen LogP contribution in [0.5, 0.6) is 0 Å². The van der Waals surface area contributed by atoms with E-state index in [4.69, 9.17) is 0 Å². The van der Waals surface area contributed by atoms with Gasteiger partial charge >= 0.3 is 0 Å². The molecule has 1 N–H and O–H groups in total. The Labute approximate surface area is 190 Å². The van der Waals surface area contributed by atoms with Gasteiger partial charge in [0, 0.05) is 24.3 Å². The number of sulfonamides is 1. The average molecular weight is 479 g/mol. The third-order valence-electron chi connectivity index (χ3n) is 6.09. The van der Waals surface area contributed by atoms with Crippen LogP contribution in [0.25, 0.3) is 0 Å². The van der Waals surface area contributed by atoms with Gasteiger partial charge in [0.25, 0.3) is 5.91 Å². The average Bonchev–Trinajstić information content (AvgIpc) is 2.76. The molecular formula is C23H30N2O5S2. The third-order valence-corrected chi connectivity index (χ3v) is 9.87. The fourth-order valence-corrected chi connectivity index (χ4v) is 6.38. The van der Waals surface area contributed by atoms with E-state index < -0.39 is 25.8 Å². The lowest BCUT2D eigenvalue weighted by molar-refractivity contribution is 0.102. The summed E-state index contributed by atoms with van der Waals surface area (Å²) in [6.07, 6.45) is 1.64. The van der Waals surface area contributed by atoms with Crippen molar-refractivity contribution in [1.82, 2.24) is 4.31 Å². The maximum absolute atomic E-state index is 13.3. The van der Waals surface area contributed by atoms with Crippen LogP contribution in [-0.2, 0) is 19.9 Å². The summed E-state index contributed by atoms with van der Waals surface area (Å²) in [5, 5.41) is 2.72. The molecule has 0 aromatic heterocycles. The van der Waals surface area contributed by atoms with Crippen molar-refractivity contribution in [2.24, 2.45) is 5.92 Å². The minimum atomic E-state index is -3.71. The van der Waals surface area contributed by atoms with Crippen LogP contribution in [0.15, 0.2) is 46.2 Å². The topological polar surface area (TPSA) is 101 Å². The fraction of sp³-hybridized carbons (Fsp3) is 0.435. The van der Waals surface area contributed by atoms with Gasteiger partial charge in [-0.15, -0.1) is 0 Å². The SMILES string of the molecule is CCS(=O)(=O)c1ccc(NC(=O)c2cc(C)c(C)c(S(=O)(=O)N3CCC(C)CC3)c2)cc1. The highest BCUT2D eigenvalue weighted by Gasteiger charge is 2.30. The monoisotopic (exact) mass is 478 g/mol. The van der Waals surface area contributed by atoms with Crippen LogP contribution in [0, 0.1) is 19.8 Å². The molecule has 2 aromatic rings. The van der Waals surface area contributed by atoms with Crippen molar-refractivity contribution in [2.45, 2.75) is 50.3 Å². The van der Waals surface area contributed by atoms with Crippen LogP contribution >= 0.6 is 0 Å². The molecule has 2 aromatic carbocycles. The van der Waals surface area contributed by atoms with Gasteiger partial charge in [-0.3, -0.25) is 4.79 Å². The van der Waals surface area contributed by atoms with Crippen molar-refractivity contribution in [3.63, 3.8) is 0 Å². The van der Waals surface area contributed by atoms with Crippen LogP contribution in [0.2, 0.25) is 0 Å². The summed E-state index contributed by atoms with van der Waals surface area (Å²) in [7, 11) is -7.03. The van der Waals surface area contributed by atoms with Gasteiger partial charge in [0.1, 0.15) is 0 Å². The first-order valence-electron chi connectivity index (χ1n) is 10.7. The first-order chi connectivity index (χ1) is 15.0. The summed E-state index contributed by atoms with van der Waals surface area (Å²) < 4.78 is 52.0. The minimum absolute atomic E-state index is 0.00543. The Balaban J connectivity index is 1.87. The smallest absolute Gasteiger partial charge is 0.255 e. The number of aryl methyl sites for hydroxylation is 1. The zero-order valence-corrected chi connectivity index (χ0v) is 20.5. The molecule has 0 bridgehead atoms. The van der Waals surface area contributed by atoms with Crippen LogP contribution in [-0.4, -0.2) is 45.9 Å². The molecular weight excluding hydrogens is 448 g/mol. The van der Waals surface area contributed by atoms with E-state index in [1.54, 1.807) is 26.8 Å². The summed E-state index contributed by atoms with van der Waals surface area (Å²) in [5.74, 6) is 0.0390. The van der Waals surface area contributed by atoms with E-state index in [0.717, 1.165) is 12.8 Å². The molecule has 9 heteroatoms. The van der Waals surface area contributed by atoms with Crippen molar-refractivity contribution in [2.75, 3.05) is 24.2 Å². The summed E-state index contributed by atoms with van der Waals surface area (Å²) >= 11 is 0. The van der Waals surface area contributed by atoms with E-state index in [9.17, 15) is 21.6 Å². The second-order valence-electron chi connectivity index (χ2n) is 8.38. The van der Waals surface area contributed by atoms with Crippen molar-refractivity contribution in [3.05, 3.63) is 53.1 Å². The fourth-order valence-electron chi connectivity index (χ4n) is 3.71. The molecule has 32 heavy (non-hydrogen) atoms. The summed E-state index contributed by atoms with van der Waals surface area (Å²) in [4.78, 5) is 13.2. The Morgan fingerprint density at radius 1 is 1.03 bits per heavy atom. The summed E-state index contributed by atoms with van der Waals surface area (Å²) in [6.45, 7) is 8.18. The number of amides is 1. The van der Waals surface area contributed by atoms with Crippen molar-refractivity contribution in [3.8, 4) is 0 Å². The normalized spacial score (nSPS) is 16.1. The van der Waals surface area contributed by atoms with Gasteiger partial charge in [0.05, 0.1) is 15.5 Å². The maximum atomic E-state index is 13.3. The van der Waals surface area contributed by atoms with E-state index in [1.807, 2.05) is 0 Å². The molecule has 174 valence electrons. The number of rotatable bonds is 6. The molecule has 3 rings (SSSR count). The molecule has 1 fully saturated rings. The first kappa shape index (κ1) is 24.4. The van der Waals surface area contributed by atoms with Gasteiger partial charge in [0.2, 0.25) is 10.0 Å². The lowest BCUT2D eigenvalue weighted by atomic mass is 10.0. The van der Waals surface area contributed by atoms with E-state index in [-0.39, 0.29) is 21.1 Å². The molecule has 1 saturated heterocycles. The van der Waals surface area contributed by atoms with Gasteiger partial charge in [-0.05, 0) is 80.1 Å². The number of piperidine rings is 1. The molecule has 0 spiro atoms. The molecule has 0 atom stereocenters. The number of anilines is 1. The molecule has 0 radical (unpaired) electrons. The molecule has 7 nitrogen and oxygen atoms in total. The molecule has 0 saturated carbocycles. The lowest BCUT2D eigenvalue weighted by Crippen LogP contribution is -2.38. The molecule has 1 aliphatic rings. The lowest BCUT2D eigenvalue weighted by Gasteiger charge is -2.30. The number of benzene rings is 2. The number of nitrogens with zero attached hydrogens (tertiary/aromatic N) is 1. The summed E-state index contributed by atoms with van der Waals surface area (Å²) in [5.41, 5.74) is 2.01. The Bertz CT molecular complexity index is 1210. The van der Waals surface area contributed by atoms with E-state index in [2.05, 4.69) is 12.2 Å². The van der Waals surface area contributed by atoms with Crippen molar-refractivity contribution < 1.29 is 21.6 Å². The predicted octanol–water partition coefficient (Wildman–Crippen LogP) is 3.77. The summed E-state index contributed by atoms with van der Waals surface area (Å²) in [6, 6.07) is 9.03. The zero-order valence-electron chi connectivity index (χ0n) is 18.9. The highest BCUT2D eigenvalue weighted by Crippen LogP contribution is 2.28. The van der Waals surface area contributed by atoms with Gasteiger partial charge in [-0.2, -0.15) is 4.31 Å². The van der Waals surface area contributed by atoms with Crippen molar-refractivity contribution >= 4 is 31.5 Å². The molecule has 1 heterocycles. The largest absolute Gasteiger partial charge is 0.322 e. The van der Waals surface area contributed by atoms with Gasteiger partial charge < -0.3 is 5.32 Å². The number of hydrogen-bond donors (Lipinski definition) is 1. The number of sulfone groups is 1. The Morgan fingerprint density at radius 2 is 1.62 bits per heavy atom. The van der Waals surface area contributed by atoms with Crippen LogP contribution < -0.4 is 5.32 Å². The molecule has 0 unspecified atom stereocenters. The maximum Gasteiger partial charge on any atom is 0.255 e. The first-order valence-corrected chi connectivity index (χ1v) is 13.8. The van der Waals surface area contributed by atoms with E-state index in [0.29, 0.717) is 35.8 Å².